The average molecular weight is 208 g/mol. The quantitative estimate of drug-likeness (QED) is 0.597. The summed E-state index contributed by atoms with van der Waals surface area (Å²) >= 11 is 0. The Hall–Kier alpha value is -2.09. The van der Waals surface area contributed by atoms with Crippen LogP contribution >= 0.6 is 0 Å². The van der Waals surface area contributed by atoms with Crippen molar-refractivity contribution in [3.63, 3.8) is 0 Å². The van der Waals surface area contributed by atoms with Gasteiger partial charge in [-0.05, 0) is 12.1 Å². The molecule has 0 heterocycles. The number of hydrogen-bond donors (Lipinski definition) is 1. The Labute approximate surface area is 86.3 Å². The highest BCUT2D eigenvalue weighted by Gasteiger charge is 2.00. The third-order valence-electron chi connectivity index (χ3n) is 1.59. The van der Waals surface area contributed by atoms with E-state index in [1.54, 1.807) is 6.07 Å². The van der Waals surface area contributed by atoms with Crippen molar-refractivity contribution in [3.8, 4) is 11.9 Å². The standard InChI is InChI=1S/C10H9FN2O2/c11-8-2-1-3-9(6-8)15-5-4-10(14)13-7-12/h1-3,6H,4-5H2,(H,13,14). The summed E-state index contributed by atoms with van der Waals surface area (Å²) in [6.45, 7) is 0.108. The molecule has 0 fully saturated rings. The Kier molecular flexibility index (Phi) is 4.10. The van der Waals surface area contributed by atoms with Gasteiger partial charge in [-0.25, -0.2) is 4.39 Å². The molecule has 0 aliphatic heterocycles. The predicted octanol–water partition coefficient (Wildman–Crippen LogP) is 1.19. The lowest BCUT2D eigenvalue weighted by Gasteiger charge is -2.04. The monoisotopic (exact) mass is 208 g/mol. The fourth-order valence-corrected chi connectivity index (χ4v) is 0.943. The van der Waals surface area contributed by atoms with Crippen molar-refractivity contribution in [2.75, 3.05) is 6.61 Å². The van der Waals surface area contributed by atoms with Gasteiger partial charge in [-0.15, -0.1) is 0 Å². The van der Waals surface area contributed by atoms with Crippen molar-refractivity contribution in [2.24, 2.45) is 0 Å². The third-order valence-corrected chi connectivity index (χ3v) is 1.59. The molecule has 0 saturated carbocycles. The Morgan fingerprint density at radius 2 is 2.40 bits per heavy atom. The molecule has 1 N–H and O–H groups in total. The molecule has 0 spiro atoms. The molecule has 0 aliphatic carbocycles. The van der Waals surface area contributed by atoms with E-state index in [0.717, 1.165) is 0 Å². The van der Waals surface area contributed by atoms with Gasteiger partial charge in [0.25, 0.3) is 0 Å². The molecule has 1 amide bonds. The summed E-state index contributed by atoms with van der Waals surface area (Å²) in [5.41, 5.74) is 0. The molecule has 0 aromatic heterocycles. The van der Waals surface area contributed by atoms with Crippen LogP contribution in [0.15, 0.2) is 24.3 Å². The largest absolute Gasteiger partial charge is 0.493 e. The van der Waals surface area contributed by atoms with E-state index in [4.69, 9.17) is 10.00 Å². The van der Waals surface area contributed by atoms with Gasteiger partial charge in [0.2, 0.25) is 5.91 Å². The fourth-order valence-electron chi connectivity index (χ4n) is 0.943. The molecule has 1 rings (SSSR count). The van der Waals surface area contributed by atoms with Crippen molar-refractivity contribution in [3.05, 3.63) is 30.1 Å². The molecule has 0 aliphatic rings. The fraction of sp³-hybridized carbons (Fsp3) is 0.200. The first-order valence-electron chi connectivity index (χ1n) is 4.28. The minimum absolute atomic E-state index is 0.0596. The first-order chi connectivity index (χ1) is 7.22. The summed E-state index contributed by atoms with van der Waals surface area (Å²) in [5, 5.41) is 10.1. The second kappa shape index (κ2) is 5.60. The molecule has 0 saturated heterocycles. The molecule has 1 aromatic carbocycles. The summed E-state index contributed by atoms with van der Waals surface area (Å²) < 4.78 is 17.8. The summed E-state index contributed by atoms with van der Waals surface area (Å²) in [6, 6.07) is 5.63. The van der Waals surface area contributed by atoms with Gasteiger partial charge in [-0.1, -0.05) is 6.07 Å². The maximum atomic E-state index is 12.7. The van der Waals surface area contributed by atoms with Gasteiger partial charge in [-0.3, -0.25) is 10.1 Å². The zero-order valence-corrected chi connectivity index (χ0v) is 7.87. The minimum Gasteiger partial charge on any atom is -0.493 e. The zero-order chi connectivity index (χ0) is 11.1. The summed E-state index contributed by atoms with van der Waals surface area (Å²) in [5.74, 6) is -0.456. The number of rotatable bonds is 4. The molecule has 0 atom stereocenters. The van der Waals surface area contributed by atoms with Crippen LogP contribution in [-0.4, -0.2) is 12.5 Å². The number of carbonyl (C=O) groups is 1. The Morgan fingerprint density at radius 3 is 3.07 bits per heavy atom. The number of amides is 1. The first kappa shape index (κ1) is 11.0. The Bertz CT molecular complexity index is 387. The van der Waals surface area contributed by atoms with E-state index in [1.807, 2.05) is 5.32 Å². The highest BCUT2D eigenvalue weighted by atomic mass is 19.1. The van der Waals surface area contributed by atoms with E-state index in [9.17, 15) is 9.18 Å². The van der Waals surface area contributed by atoms with Gasteiger partial charge in [0, 0.05) is 6.07 Å². The van der Waals surface area contributed by atoms with Crippen LogP contribution in [0.25, 0.3) is 0 Å². The van der Waals surface area contributed by atoms with Gasteiger partial charge >= 0.3 is 0 Å². The minimum atomic E-state index is -0.422. The number of ether oxygens (including phenoxy) is 1. The van der Waals surface area contributed by atoms with Gasteiger partial charge < -0.3 is 4.74 Å². The number of halogens is 1. The summed E-state index contributed by atoms with van der Waals surface area (Å²) in [4.78, 5) is 10.8. The second-order valence-corrected chi connectivity index (χ2v) is 2.72. The molecular weight excluding hydrogens is 199 g/mol. The maximum absolute atomic E-state index is 12.7. The summed E-state index contributed by atoms with van der Waals surface area (Å²) in [7, 11) is 0. The van der Waals surface area contributed by atoms with Crippen molar-refractivity contribution < 1.29 is 13.9 Å². The second-order valence-electron chi connectivity index (χ2n) is 2.72. The number of nitrogens with one attached hydrogen (secondary N) is 1. The number of nitrogens with zero attached hydrogens (tertiary/aromatic N) is 1. The number of benzene rings is 1. The maximum Gasteiger partial charge on any atom is 0.236 e. The van der Waals surface area contributed by atoms with Crippen molar-refractivity contribution >= 4 is 5.91 Å². The van der Waals surface area contributed by atoms with E-state index in [2.05, 4.69) is 0 Å². The molecule has 0 radical (unpaired) electrons. The molecule has 5 heteroatoms. The van der Waals surface area contributed by atoms with Crippen molar-refractivity contribution in [1.82, 2.24) is 5.32 Å². The topological polar surface area (TPSA) is 62.1 Å². The molecule has 78 valence electrons. The normalized spacial score (nSPS) is 9.07. The molecule has 15 heavy (non-hydrogen) atoms. The van der Waals surface area contributed by atoms with E-state index < -0.39 is 11.7 Å². The number of nitriles is 1. The Morgan fingerprint density at radius 1 is 1.60 bits per heavy atom. The SMILES string of the molecule is N#CNC(=O)CCOc1cccc(F)c1. The molecule has 0 unspecified atom stereocenters. The summed E-state index contributed by atoms with van der Waals surface area (Å²) in [6.07, 6.45) is 1.57. The van der Waals surface area contributed by atoms with Crippen LogP contribution in [-0.2, 0) is 4.79 Å². The molecular formula is C10H9FN2O2. The molecule has 1 aromatic rings. The lowest BCUT2D eigenvalue weighted by Crippen LogP contribution is -2.19. The first-order valence-corrected chi connectivity index (χ1v) is 4.28. The lowest BCUT2D eigenvalue weighted by atomic mass is 10.3. The predicted molar refractivity (Wildman–Crippen MR) is 50.3 cm³/mol. The van der Waals surface area contributed by atoms with E-state index in [-0.39, 0.29) is 13.0 Å². The third kappa shape index (κ3) is 4.09. The highest BCUT2D eigenvalue weighted by Crippen LogP contribution is 2.11. The molecule has 0 bridgehead atoms. The molecule has 4 nitrogen and oxygen atoms in total. The number of carbonyl (C=O) groups excluding carboxylic acids is 1. The van der Waals surface area contributed by atoms with Crippen LogP contribution in [0, 0.1) is 17.3 Å². The van der Waals surface area contributed by atoms with Gasteiger partial charge in [0.05, 0.1) is 13.0 Å². The van der Waals surface area contributed by atoms with Crippen LogP contribution in [0.2, 0.25) is 0 Å². The van der Waals surface area contributed by atoms with Crippen LogP contribution in [0.4, 0.5) is 4.39 Å². The van der Waals surface area contributed by atoms with Crippen LogP contribution in [0.1, 0.15) is 6.42 Å². The van der Waals surface area contributed by atoms with Gasteiger partial charge in [0.1, 0.15) is 11.6 Å². The average Bonchev–Trinajstić information content (AvgIpc) is 2.18. The highest BCUT2D eigenvalue weighted by molar-refractivity contribution is 5.77. The van der Waals surface area contributed by atoms with Crippen LogP contribution < -0.4 is 10.1 Å². The van der Waals surface area contributed by atoms with E-state index in [0.29, 0.717) is 5.75 Å². The number of hydrogen-bond acceptors (Lipinski definition) is 3. The van der Waals surface area contributed by atoms with Crippen LogP contribution in [0.5, 0.6) is 5.75 Å². The van der Waals surface area contributed by atoms with E-state index in [1.165, 1.54) is 24.4 Å². The van der Waals surface area contributed by atoms with Crippen molar-refractivity contribution in [2.45, 2.75) is 6.42 Å². The van der Waals surface area contributed by atoms with Crippen LogP contribution in [0.3, 0.4) is 0 Å². The van der Waals surface area contributed by atoms with Crippen molar-refractivity contribution in [1.29, 1.82) is 5.26 Å². The smallest absolute Gasteiger partial charge is 0.236 e. The Balaban J connectivity index is 2.32. The van der Waals surface area contributed by atoms with Gasteiger partial charge in [0.15, 0.2) is 6.19 Å². The lowest BCUT2D eigenvalue weighted by molar-refractivity contribution is -0.120. The zero-order valence-electron chi connectivity index (χ0n) is 7.87. The van der Waals surface area contributed by atoms with Gasteiger partial charge in [-0.2, -0.15) is 5.26 Å². The van der Waals surface area contributed by atoms with E-state index >= 15 is 0 Å².